The van der Waals surface area contributed by atoms with Gasteiger partial charge in [-0.1, -0.05) is 0 Å². The van der Waals surface area contributed by atoms with Crippen LogP contribution in [0.2, 0.25) is 0 Å². The molecule has 2 aromatic heterocycles. The van der Waals surface area contributed by atoms with Crippen LogP contribution in [0.1, 0.15) is 24.2 Å². The highest BCUT2D eigenvalue weighted by Crippen LogP contribution is 2.20. The molecule has 0 saturated carbocycles. The van der Waals surface area contributed by atoms with Crippen LogP contribution in [0.3, 0.4) is 0 Å². The number of aromatic nitrogens is 4. The van der Waals surface area contributed by atoms with E-state index in [2.05, 4.69) is 30.2 Å². The van der Waals surface area contributed by atoms with Gasteiger partial charge in [0.05, 0.1) is 0 Å². The van der Waals surface area contributed by atoms with Gasteiger partial charge in [0, 0.05) is 50.7 Å². The Morgan fingerprint density at radius 2 is 1.71 bits per heavy atom. The van der Waals surface area contributed by atoms with Gasteiger partial charge in [-0.05, 0) is 32.8 Å². The Labute approximate surface area is 143 Å². The predicted molar refractivity (Wildman–Crippen MR) is 96.7 cm³/mol. The number of nitrogens with one attached hydrogen (secondary N) is 1. The molecule has 0 bridgehead atoms. The third-order valence-corrected chi connectivity index (χ3v) is 4.21. The van der Waals surface area contributed by atoms with Crippen molar-refractivity contribution in [2.45, 2.75) is 32.7 Å². The molecule has 2 aromatic rings. The molecule has 0 amide bonds. The number of nitrogens with zero attached hydrogens (tertiary/aromatic N) is 6. The monoisotopic (exact) mass is 327 g/mol. The number of anilines is 3. The summed E-state index contributed by atoms with van der Waals surface area (Å²) in [5.41, 5.74) is 2.05. The summed E-state index contributed by atoms with van der Waals surface area (Å²) in [4.78, 5) is 22.0. The molecule has 0 unspecified atom stereocenters. The maximum atomic E-state index is 4.57. The van der Waals surface area contributed by atoms with Crippen LogP contribution < -0.4 is 15.1 Å². The highest BCUT2D eigenvalue weighted by atomic mass is 15.3. The zero-order chi connectivity index (χ0) is 17.1. The first kappa shape index (κ1) is 16.4. The van der Waals surface area contributed by atoms with Crippen LogP contribution in [-0.2, 0) is 0 Å². The smallest absolute Gasteiger partial charge is 0.225 e. The molecule has 3 heterocycles. The van der Waals surface area contributed by atoms with Crippen LogP contribution in [0.15, 0.2) is 18.5 Å². The normalized spacial score (nSPS) is 15.4. The maximum Gasteiger partial charge on any atom is 0.225 e. The molecule has 3 rings (SSSR count). The Morgan fingerprint density at radius 1 is 1.04 bits per heavy atom. The van der Waals surface area contributed by atoms with Gasteiger partial charge in [-0.25, -0.2) is 19.9 Å². The summed E-state index contributed by atoms with van der Waals surface area (Å²) in [5, 5.41) is 3.53. The van der Waals surface area contributed by atoms with Crippen LogP contribution in [-0.4, -0.2) is 53.2 Å². The van der Waals surface area contributed by atoms with E-state index in [0.29, 0.717) is 6.04 Å². The maximum absolute atomic E-state index is 4.57. The molecule has 1 fully saturated rings. The lowest BCUT2D eigenvalue weighted by Crippen LogP contribution is -2.40. The van der Waals surface area contributed by atoms with Crippen LogP contribution in [0.4, 0.5) is 17.6 Å². The van der Waals surface area contributed by atoms with Gasteiger partial charge in [0.25, 0.3) is 0 Å². The third-order valence-electron chi connectivity index (χ3n) is 4.21. The summed E-state index contributed by atoms with van der Waals surface area (Å²) in [6.45, 7) is 5.94. The number of hydrogen-bond acceptors (Lipinski definition) is 7. The molecule has 7 heteroatoms. The zero-order valence-corrected chi connectivity index (χ0v) is 14.8. The van der Waals surface area contributed by atoms with Gasteiger partial charge in [0.2, 0.25) is 5.95 Å². The number of piperidine rings is 1. The summed E-state index contributed by atoms with van der Waals surface area (Å²) in [5.74, 6) is 2.64. The summed E-state index contributed by atoms with van der Waals surface area (Å²) in [6, 6.07) is 4.41. The van der Waals surface area contributed by atoms with E-state index in [9.17, 15) is 0 Å². The van der Waals surface area contributed by atoms with E-state index in [1.165, 1.54) is 0 Å². The van der Waals surface area contributed by atoms with E-state index in [-0.39, 0.29) is 0 Å². The summed E-state index contributed by atoms with van der Waals surface area (Å²) >= 11 is 0. The Bertz CT molecular complexity index is 673. The molecule has 24 heavy (non-hydrogen) atoms. The predicted octanol–water partition coefficient (Wildman–Crippen LogP) is 2.03. The fraction of sp³-hybridized carbons (Fsp3) is 0.529. The first-order valence-corrected chi connectivity index (χ1v) is 8.34. The van der Waals surface area contributed by atoms with Crippen molar-refractivity contribution in [2.24, 2.45) is 0 Å². The topological polar surface area (TPSA) is 70.1 Å². The summed E-state index contributed by atoms with van der Waals surface area (Å²) in [6.07, 6.45) is 3.69. The van der Waals surface area contributed by atoms with Crippen molar-refractivity contribution >= 4 is 17.6 Å². The third kappa shape index (κ3) is 3.90. The second-order valence-electron chi connectivity index (χ2n) is 6.51. The lowest BCUT2D eigenvalue weighted by atomic mass is 10.1. The highest BCUT2D eigenvalue weighted by molar-refractivity contribution is 5.48. The molecule has 1 aliphatic rings. The van der Waals surface area contributed by atoms with Gasteiger partial charge in [-0.3, -0.25) is 0 Å². The van der Waals surface area contributed by atoms with Crippen molar-refractivity contribution in [2.75, 3.05) is 42.3 Å². The van der Waals surface area contributed by atoms with E-state index in [0.717, 1.165) is 54.9 Å². The van der Waals surface area contributed by atoms with Crippen LogP contribution in [0, 0.1) is 13.8 Å². The molecule has 0 aliphatic carbocycles. The fourth-order valence-electron chi connectivity index (χ4n) is 2.95. The molecular formula is C17H25N7. The van der Waals surface area contributed by atoms with E-state index in [1.807, 2.05) is 45.0 Å². The summed E-state index contributed by atoms with van der Waals surface area (Å²) in [7, 11) is 3.96. The van der Waals surface area contributed by atoms with Crippen molar-refractivity contribution < 1.29 is 0 Å². The van der Waals surface area contributed by atoms with Gasteiger partial charge < -0.3 is 15.1 Å². The second kappa shape index (κ2) is 6.98. The molecule has 0 atom stereocenters. The molecular weight excluding hydrogens is 302 g/mol. The van der Waals surface area contributed by atoms with Crippen molar-refractivity contribution in [3.05, 3.63) is 29.8 Å². The molecule has 7 nitrogen and oxygen atoms in total. The summed E-state index contributed by atoms with van der Waals surface area (Å²) < 4.78 is 0. The lowest BCUT2D eigenvalue weighted by molar-refractivity contribution is 0.518. The van der Waals surface area contributed by atoms with Crippen molar-refractivity contribution in [3.8, 4) is 0 Å². The van der Waals surface area contributed by atoms with Crippen LogP contribution in [0.5, 0.6) is 0 Å². The Balaban J connectivity index is 1.60. The average molecular weight is 327 g/mol. The number of aryl methyl sites for hydroxylation is 2. The molecule has 0 spiro atoms. The van der Waals surface area contributed by atoms with Crippen molar-refractivity contribution in [3.63, 3.8) is 0 Å². The van der Waals surface area contributed by atoms with Gasteiger partial charge in [0.15, 0.2) is 0 Å². The Kier molecular flexibility index (Phi) is 4.78. The van der Waals surface area contributed by atoms with Gasteiger partial charge in [0.1, 0.15) is 18.0 Å². The first-order valence-electron chi connectivity index (χ1n) is 8.34. The Hall–Kier alpha value is -2.44. The molecule has 0 aromatic carbocycles. The SMILES string of the molecule is Cc1cc(C)nc(N2CCC(Nc3cc(N(C)C)ncn3)CC2)n1. The molecule has 1 N–H and O–H groups in total. The van der Waals surface area contributed by atoms with Gasteiger partial charge in [-0.15, -0.1) is 0 Å². The second-order valence-corrected chi connectivity index (χ2v) is 6.51. The largest absolute Gasteiger partial charge is 0.367 e. The lowest BCUT2D eigenvalue weighted by Gasteiger charge is -2.32. The van der Waals surface area contributed by atoms with Crippen LogP contribution in [0.25, 0.3) is 0 Å². The quantitative estimate of drug-likeness (QED) is 0.921. The highest BCUT2D eigenvalue weighted by Gasteiger charge is 2.21. The number of hydrogen-bond donors (Lipinski definition) is 1. The minimum atomic E-state index is 0.414. The van der Waals surface area contributed by atoms with E-state index in [4.69, 9.17) is 0 Å². The molecule has 128 valence electrons. The van der Waals surface area contributed by atoms with Gasteiger partial charge >= 0.3 is 0 Å². The standard InChI is InChI=1S/C17H25N7/c1-12-9-13(2)21-17(20-12)24-7-5-14(6-8-24)22-15-10-16(23(3)4)19-11-18-15/h9-11,14H,5-8H2,1-4H3,(H,18,19,22). The fourth-order valence-corrected chi connectivity index (χ4v) is 2.95. The van der Waals surface area contributed by atoms with Crippen LogP contribution >= 0.6 is 0 Å². The minimum absolute atomic E-state index is 0.414. The van der Waals surface area contributed by atoms with Gasteiger partial charge in [-0.2, -0.15) is 0 Å². The average Bonchev–Trinajstić information content (AvgIpc) is 2.55. The molecule has 0 radical (unpaired) electrons. The minimum Gasteiger partial charge on any atom is -0.367 e. The number of rotatable bonds is 4. The van der Waals surface area contributed by atoms with Crippen molar-refractivity contribution in [1.82, 2.24) is 19.9 Å². The van der Waals surface area contributed by atoms with E-state index >= 15 is 0 Å². The zero-order valence-electron chi connectivity index (χ0n) is 14.8. The molecule has 1 aliphatic heterocycles. The van der Waals surface area contributed by atoms with Crippen molar-refractivity contribution in [1.29, 1.82) is 0 Å². The Morgan fingerprint density at radius 3 is 2.33 bits per heavy atom. The first-order chi connectivity index (χ1) is 11.5. The van der Waals surface area contributed by atoms with E-state index < -0.39 is 0 Å². The van der Waals surface area contributed by atoms with E-state index in [1.54, 1.807) is 6.33 Å². The molecule has 1 saturated heterocycles.